The second-order valence-electron chi connectivity index (χ2n) is 4.23. The van der Waals surface area contributed by atoms with Crippen LogP contribution in [0.4, 0.5) is 5.69 Å². The zero-order valence-corrected chi connectivity index (χ0v) is 10.1. The lowest BCUT2D eigenvalue weighted by atomic mass is 10.3. The van der Waals surface area contributed by atoms with E-state index in [2.05, 4.69) is 4.90 Å². The van der Waals surface area contributed by atoms with Crippen molar-refractivity contribution in [1.29, 1.82) is 0 Å². The molecule has 94 valence electrons. The number of nitrogens with zero attached hydrogens (tertiary/aromatic N) is 1. The smallest absolute Gasteiger partial charge is 0.121 e. The summed E-state index contributed by atoms with van der Waals surface area (Å²) in [4.78, 5) is 2.37. The molecule has 17 heavy (non-hydrogen) atoms. The lowest BCUT2D eigenvalue weighted by molar-refractivity contribution is 0.137. The second kappa shape index (κ2) is 6.47. The van der Waals surface area contributed by atoms with E-state index in [0.29, 0.717) is 6.61 Å². The molecule has 0 unspecified atom stereocenters. The molecule has 0 amide bonds. The minimum atomic E-state index is 0.698. The number of benzene rings is 1. The summed E-state index contributed by atoms with van der Waals surface area (Å²) in [5.41, 5.74) is 6.43. The quantitative estimate of drug-likeness (QED) is 0.802. The van der Waals surface area contributed by atoms with Crippen molar-refractivity contribution in [2.45, 2.75) is 6.42 Å². The highest BCUT2D eigenvalue weighted by atomic mass is 16.5. The fourth-order valence-electron chi connectivity index (χ4n) is 1.92. The number of hydrogen-bond acceptors (Lipinski definition) is 4. The molecule has 2 rings (SSSR count). The highest BCUT2D eigenvalue weighted by Gasteiger charge is 2.08. The summed E-state index contributed by atoms with van der Waals surface area (Å²) in [6.45, 7) is 5.45. The van der Waals surface area contributed by atoms with Crippen LogP contribution in [0.3, 0.4) is 0 Å². The van der Waals surface area contributed by atoms with Crippen LogP contribution in [0.15, 0.2) is 24.3 Å². The average molecular weight is 236 g/mol. The van der Waals surface area contributed by atoms with Gasteiger partial charge in [0.15, 0.2) is 0 Å². The highest BCUT2D eigenvalue weighted by molar-refractivity contribution is 5.43. The minimum Gasteiger partial charge on any atom is -0.492 e. The number of rotatable bonds is 4. The van der Waals surface area contributed by atoms with Crippen molar-refractivity contribution in [2.24, 2.45) is 0 Å². The molecule has 4 heteroatoms. The molecule has 0 saturated carbocycles. The van der Waals surface area contributed by atoms with Crippen LogP contribution >= 0.6 is 0 Å². The summed E-state index contributed by atoms with van der Waals surface area (Å²) in [5.74, 6) is 0.844. The van der Waals surface area contributed by atoms with Gasteiger partial charge in [-0.3, -0.25) is 4.90 Å². The van der Waals surface area contributed by atoms with Crippen LogP contribution < -0.4 is 10.5 Å². The summed E-state index contributed by atoms with van der Waals surface area (Å²) >= 11 is 0. The fourth-order valence-corrected chi connectivity index (χ4v) is 1.92. The van der Waals surface area contributed by atoms with E-state index in [9.17, 15) is 0 Å². The first-order chi connectivity index (χ1) is 8.34. The van der Waals surface area contributed by atoms with Gasteiger partial charge in [0.2, 0.25) is 0 Å². The van der Waals surface area contributed by atoms with Crippen molar-refractivity contribution in [3.05, 3.63) is 24.3 Å². The zero-order valence-electron chi connectivity index (χ0n) is 10.1. The molecule has 4 nitrogen and oxygen atoms in total. The van der Waals surface area contributed by atoms with Crippen LogP contribution in [0.5, 0.6) is 5.75 Å². The van der Waals surface area contributed by atoms with Gasteiger partial charge in [0.1, 0.15) is 12.4 Å². The van der Waals surface area contributed by atoms with Crippen molar-refractivity contribution < 1.29 is 9.47 Å². The number of nitrogens with two attached hydrogens (primary N) is 1. The lowest BCUT2D eigenvalue weighted by Crippen LogP contribution is -2.30. The van der Waals surface area contributed by atoms with Crippen LogP contribution in [-0.2, 0) is 4.74 Å². The normalized spacial score (nSPS) is 17.6. The maximum atomic E-state index is 5.69. The van der Waals surface area contributed by atoms with Crippen molar-refractivity contribution in [3.63, 3.8) is 0 Å². The Morgan fingerprint density at radius 2 is 2.24 bits per heavy atom. The van der Waals surface area contributed by atoms with Crippen LogP contribution in [-0.4, -0.2) is 44.4 Å². The van der Waals surface area contributed by atoms with Crippen LogP contribution in [0.25, 0.3) is 0 Å². The molecular weight excluding hydrogens is 216 g/mol. The largest absolute Gasteiger partial charge is 0.492 e. The standard InChI is InChI=1S/C13H20N2O2/c14-12-3-1-4-13(11-12)17-10-7-15-5-2-8-16-9-6-15/h1,3-4,11H,2,5-10,14H2. The number of hydrogen-bond donors (Lipinski definition) is 1. The molecule has 0 atom stereocenters. The van der Waals surface area contributed by atoms with Gasteiger partial charge in [0.05, 0.1) is 6.61 Å². The molecule has 1 fully saturated rings. The molecule has 2 N–H and O–H groups in total. The first-order valence-corrected chi connectivity index (χ1v) is 6.13. The summed E-state index contributed by atoms with van der Waals surface area (Å²) in [6, 6.07) is 7.55. The van der Waals surface area contributed by atoms with Gasteiger partial charge in [-0.25, -0.2) is 0 Å². The zero-order chi connectivity index (χ0) is 11.9. The van der Waals surface area contributed by atoms with Gasteiger partial charge in [0.25, 0.3) is 0 Å². The second-order valence-corrected chi connectivity index (χ2v) is 4.23. The van der Waals surface area contributed by atoms with Crippen LogP contribution in [0, 0.1) is 0 Å². The number of ether oxygens (including phenoxy) is 2. The van der Waals surface area contributed by atoms with Gasteiger partial charge in [-0.1, -0.05) is 6.07 Å². The molecule has 1 aliphatic rings. The molecule has 0 radical (unpaired) electrons. The molecule has 0 spiro atoms. The molecule has 1 saturated heterocycles. The molecular formula is C13H20N2O2. The van der Waals surface area contributed by atoms with Crippen molar-refractivity contribution >= 4 is 5.69 Å². The van der Waals surface area contributed by atoms with E-state index in [1.807, 2.05) is 24.3 Å². The summed E-state index contributed by atoms with van der Waals surface area (Å²) in [7, 11) is 0. The van der Waals surface area contributed by atoms with E-state index in [-0.39, 0.29) is 0 Å². The predicted octanol–water partition coefficient (Wildman–Crippen LogP) is 1.37. The maximum Gasteiger partial charge on any atom is 0.121 e. The van der Waals surface area contributed by atoms with Crippen LogP contribution in [0.1, 0.15) is 6.42 Å². The first kappa shape index (κ1) is 12.2. The first-order valence-electron chi connectivity index (χ1n) is 6.13. The number of anilines is 1. The van der Waals surface area contributed by atoms with E-state index < -0.39 is 0 Å². The van der Waals surface area contributed by atoms with Gasteiger partial charge < -0.3 is 15.2 Å². The molecule has 1 aliphatic heterocycles. The Balaban J connectivity index is 1.71. The monoisotopic (exact) mass is 236 g/mol. The molecule has 0 aliphatic carbocycles. The summed E-state index contributed by atoms with van der Waals surface area (Å²) < 4.78 is 11.1. The molecule has 1 aromatic carbocycles. The minimum absolute atomic E-state index is 0.698. The Hall–Kier alpha value is -1.26. The lowest BCUT2D eigenvalue weighted by Gasteiger charge is -2.19. The number of nitrogen functional groups attached to an aromatic ring is 1. The van der Waals surface area contributed by atoms with Crippen molar-refractivity contribution in [1.82, 2.24) is 4.90 Å². The maximum absolute atomic E-state index is 5.69. The Bertz CT molecular complexity index is 336. The van der Waals surface area contributed by atoms with E-state index in [1.54, 1.807) is 0 Å². The topological polar surface area (TPSA) is 47.7 Å². The average Bonchev–Trinajstić information content (AvgIpc) is 2.58. The third kappa shape index (κ3) is 4.24. The van der Waals surface area contributed by atoms with E-state index in [4.69, 9.17) is 15.2 Å². The van der Waals surface area contributed by atoms with Gasteiger partial charge >= 0.3 is 0 Å². The Morgan fingerprint density at radius 1 is 1.29 bits per heavy atom. The van der Waals surface area contributed by atoms with E-state index in [0.717, 1.165) is 50.7 Å². The third-order valence-electron chi connectivity index (χ3n) is 2.85. The third-order valence-corrected chi connectivity index (χ3v) is 2.85. The Kier molecular flexibility index (Phi) is 4.64. The Morgan fingerprint density at radius 3 is 3.12 bits per heavy atom. The molecule has 0 aromatic heterocycles. The molecule has 1 heterocycles. The van der Waals surface area contributed by atoms with Gasteiger partial charge in [-0.15, -0.1) is 0 Å². The van der Waals surface area contributed by atoms with Gasteiger partial charge in [-0.05, 0) is 18.6 Å². The van der Waals surface area contributed by atoms with E-state index in [1.165, 1.54) is 0 Å². The molecule has 1 aromatic rings. The van der Waals surface area contributed by atoms with Crippen LogP contribution in [0.2, 0.25) is 0 Å². The predicted molar refractivity (Wildman–Crippen MR) is 68.2 cm³/mol. The Labute approximate surface area is 102 Å². The highest BCUT2D eigenvalue weighted by Crippen LogP contribution is 2.14. The molecule has 0 bridgehead atoms. The summed E-state index contributed by atoms with van der Waals surface area (Å²) in [5, 5.41) is 0. The SMILES string of the molecule is Nc1cccc(OCCN2CCCOCC2)c1. The van der Waals surface area contributed by atoms with E-state index >= 15 is 0 Å². The van der Waals surface area contributed by atoms with Crippen molar-refractivity contribution in [2.75, 3.05) is 45.2 Å². The van der Waals surface area contributed by atoms with Gasteiger partial charge in [-0.2, -0.15) is 0 Å². The van der Waals surface area contributed by atoms with Crippen molar-refractivity contribution in [3.8, 4) is 5.75 Å². The fraction of sp³-hybridized carbons (Fsp3) is 0.538. The van der Waals surface area contributed by atoms with Gasteiger partial charge in [0, 0.05) is 38.0 Å². The summed E-state index contributed by atoms with van der Waals surface area (Å²) in [6.07, 6.45) is 1.11.